The summed E-state index contributed by atoms with van der Waals surface area (Å²) in [5.74, 6) is 0.670. The Kier molecular flexibility index (Phi) is 8.28. The molecule has 3 rings (SSSR count). The van der Waals surface area contributed by atoms with Crippen LogP contribution in [0.1, 0.15) is 73.7 Å². The minimum Gasteiger partial charge on any atom is -0.465 e. The fraction of sp³-hybridized carbons (Fsp3) is 0.667. The number of esters is 1. The fourth-order valence-corrected chi connectivity index (χ4v) is 4.60. The summed E-state index contributed by atoms with van der Waals surface area (Å²) in [6, 6.07) is 6.98. The second kappa shape index (κ2) is 10.9. The lowest BCUT2D eigenvalue weighted by atomic mass is 9.88. The Labute approximate surface area is 180 Å². The highest BCUT2D eigenvalue weighted by molar-refractivity contribution is 5.89. The molecular formula is C24H36N2O4. The first-order valence-corrected chi connectivity index (χ1v) is 11.3. The van der Waals surface area contributed by atoms with Crippen LogP contribution >= 0.6 is 0 Å². The highest BCUT2D eigenvalue weighted by atomic mass is 16.5. The molecule has 1 aromatic rings. The smallest absolute Gasteiger partial charge is 0.337 e. The zero-order chi connectivity index (χ0) is 21.5. The molecule has 1 aliphatic carbocycles. The molecule has 0 aromatic heterocycles. The van der Waals surface area contributed by atoms with Crippen molar-refractivity contribution in [3.8, 4) is 0 Å². The normalized spacial score (nSPS) is 20.6. The van der Waals surface area contributed by atoms with Crippen molar-refractivity contribution in [2.24, 2.45) is 11.7 Å². The third-order valence-electron chi connectivity index (χ3n) is 6.72. The summed E-state index contributed by atoms with van der Waals surface area (Å²) < 4.78 is 10.7. The van der Waals surface area contributed by atoms with Gasteiger partial charge < -0.3 is 20.1 Å². The van der Waals surface area contributed by atoms with Gasteiger partial charge in [0.05, 0.1) is 18.8 Å². The van der Waals surface area contributed by atoms with E-state index in [1.54, 1.807) is 12.1 Å². The fourth-order valence-electron chi connectivity index (χ4n) is 4.60. The predicted octanol–water partition coefficient (Wildman–Crippen LogP) is 3.49. The lowest BCUT2D eigenvalue weighted by molar-refractivity contribution is -0.137. The van der Waals surface area contributed by atoms with Crippen LogP contribution in [0, 0.1) is 5.92 Å². The Morgan fingerprint density at radius 2 is 1.70 bits per heavy atom. The molecule has 6 heteroatoms. The van der Waals surface area contributed by atoms with Crippen LogP contribution in [0.5, 0.6) is 0 Å². The first-order chi connectivity index (χ1) is 14.5. The number of amides is 1. The maximum Gasteiger partial charge on any atom is 0.337 e. The van der Waals surface area contributed by atoms with E-state index in [0.29, 0.717) is 37.1 Å². The quantitative estimate of drug-likeness (QED) is 0.688. The van der Waals surface area contributed by atoms with Crippen molar-refractivity contribution in [2.45, 2.75) is 69.9 Å². The molecule has 1 aliphatic heterocycles. The van der Waals surface area contributed by atoms with Gasteiger partial charge in [-0.1, -0.05) is 31.4 Å². The van der Waals surface area contributed by atoms with E-state index in [1.807, 2.05) is 24.0 Å². The van der Waals surface area contributed by atoms with Gasteiger partial charge >= 0.3 is 5.97 Å². The van der Waals surface area contributed by atoms with Crippen molar-refractivity contribution in [1.29, 1.82) is 0 Å². The van der Waals surface area contributed by atoms with Gasteiger partial charge in [-0.3, -0.25) is 4.79 Å². The highest BCUT2D eigenvalue weighted by Crippen LogP contribution is 2.29. The Morgan fingerprint density at radius 1 is 1.07 bits per heavy atom. The molecule has 1 amide bonds. The molecule has 0 spiro atoms. The summed E-state index contributed by atoms with van der Waals surface area (Å²) in [4.78, 5) is 26.3. The number of carbonyl (C=O) groups is 2. The first kappa shape index (κ1) is 22.8. The Bertz CT molecular complexity index is 692. The lowest BCUT2D eigenvalue weighted by Gasteiger charge is -2.35. The van der Waals surface area contributed by atoms with Gasteiger partial charge in [0.1, 0.15) is 6.04 Å². The van der Waals surface area contributed by atoms with E-state index in [-0.39, 0.29) is 18.0 Å². The molecule has 0 radical (unpaired) electrons. The minimum absolute atomic E-state index is 0.00867. The average molecular weight is 417 g/mol. The number of rotatable bonds is 7. The summed E-state index contributed by atoms with van der Waals surface area (Å²) in [6.45, 7) is 4.03. The van der Waals surface area contributed by atoms with Crippen LogP contribution in [-0.2, 0) is 14.3 Å². The van der Waals surface area contributed by atoms with Gasteiger partial charge in [-0.25, -0.2) is 4.79 Å². The molecular weight excluding hydrogens is 380 g/mol. The van der Waals surface area contributed by atoms with E-state index >= 15 is 0 Å². The summed E-state index contributed by atoms with van der Waals surface area (Å²) in [5, 5.41) is 0. The number of likely N-dealkylation sites (tertiary alicyclic amines) is 1. The predicted molar refractivity (Wildman–Crippen MR) is 116 cm³/mol. The van der Waals surface area contributed by atoms with Gasteiger partial charge in [0.15, 0.2) is 0 Å². The maximum atomic E-state index is 12.9. The topological polar surface area (TPSA) is 81.9 Å². The monoisotopic (exact) mass is 416 g/mol. The van der Waals surface area contributed by atoms with E-state index in [0.717, 1.165) is 12.8 Å². The van der Waals surface area contributed by atoms with Gasteiger partial charge in [-0.15, -0.1) is 0 Å². The number of nitrogens with zero attached hydrogens (tertiary/aromatic N) is 1. The molecule has 1 heterocycles. The zero-order valence-corrected chi connectivity index (χ0v) is 18.3. The minimum atomic E-state index is -0.607. The van der Waals surface area contributed by atoms with Gasteiger partial charge in [-0.05, 0) is 62.1 Å². The molecule has 2 atom stereocenters. The van der Waals surface area contributed by atoms with Crippen LogP contribution in [0.3, 0.4) is 0 Å². The van der Waals surface area contributed by atoms with Crippen LogP contribution in [0.2, 0.25) is 0 Å². The number of nitrogens with two attached hydrogens (primary N) is 1. The molecule has 1 saturated heterocycles. The van der Waals surface area contributed by atoms with E-state index in [9.17, 15) is 9.59 Å². The Balaban J connectivity index is 1.45. The molecule has 0 bridgehead atoms. The van der Waals surface area contributed by atoms with Crippen molar-refractivity contribution >= 4 is 11.9 Å². The molecule has 2 fully saturated rings. The van der Waals surface area contributed by atoms with Crippen molar-refractivity contribution in [3.63, 3.8) is 0 Å². The summed E-state index contributed by atoms with van der Waals surface area (Å²) >= 11 is 0. The second-order valence-electron chi connectivity index (χ2n) is 8.78. The number of benzene rings is 1. The third-order valence-corrected chi connectivity index (χ3v) is 6.72. The molecule has 166 valence electrons. The van der Waals surface area contributed by atoms with Gasteiger partial charge in [-0.2, -0.15) is 0 Å². The van der Waals surface area contributed by atoms with Crippen molar-refractivity contribution < 1.29 is 19.1 Å². The summed E-state index contributed by atoms with van der Waals surface area (Å²) in [6.07, 6.45) is 7.88. The highest BCUT2D eigenvalue weighted by Gasteiger charge is 2.30. The second-order valence-corrected chi connectivity index (χ2v) is 8.78. The van der Waals surface area contributed by atoms with E-state index in [1.165, 1.54) is 44.8 Å². The van der Waals surface area contributed by atoms with Crippen molar-refractivity contribution in [1.82, 2.24) is 4.90 Å². The standard InChI is InChI=1S/C24H36N2O4/c1-17(30-16-18-6-4-3-5-7-18)22(25)23(27)26-14-12-20(13-15-26)19-8-10-21(11-9-19)24(28)29-2/h8-11,17-18,20,22H,3-7,12-16,25H2,1-2H3/t17-,22+/m1/s1. The van der Waals surface area contributed by atoms with Crippen LogP contribution in [0.4, 0.5) is 0 Å². The van der Waals surface area contributed by atoms with Crippen LogP contribution < -0.4 is 5.73 Å². The van der Waals surface area contributed by atoms with E-state index < -0.39 is 6.04 Å². The number of hydrogen-bond donors (Lipinski definition) is 1. The van der Waals surface area contributed by atoms with Gasteiger partial charge in [0.2, 0.25) is 5.91 Å². The largest absolute Gasteiger partial charge is 0.465 e. The number of hydrogen-bond acceptors (Lipinski definition) is 5. The molecule has 2 N–H and O–H groups in total. The van der Waals surface area contributed by atoms with Crippen LogP contribution in [0.15, 0.2) is 24.3 Å². The Hall–Kier alpha value is -1.92. The van der Waals surface area contributed by atoms with Gasteiger partial charge in [0.25, 0.3) is 0 Å². The SMILES string of the molecule is COC(=O)c1ccc(C2CCN(C(=O)[C@@H](N)[C@@H](C)OCC3CCCCC3)CC2)cc1. The molecule has 1 saturated carbocycles. The zero-order valence-electron chi connectivity index (χ0n) is 18.3. The molecule has 30 heavy (non-hydrogen) atoms. The van der Waals surface area contributed by atoms with Crippen LogP contribution in [-0.4, -0.2) is 55.7 Å². The number of methoxy groups -OCH3 is 1. The number of piperidine rings is 1. The van der Waals surface area contributed by atoms with Crippen molar-refractivity contribution in [3.05, 3.63) is 35.4 Å². The molecule has 0 unspecified atom stereocenters. The third kappa shape index (κ3) is 5.82. The summed E-state index contributed by atoms with van der Waals surface area (Å²) in [7, 11) is 1.38. The molecule has 2 aliphatic rings. The van der Waals surface area contributed by atoms with Gasteiger partial charge in [0, 0.05) is 19.7 Å². The molecule has 1 aromatic carbocycles. The van der Waals surface area contributed by atoms with Crippen LogP contribution in [0.25, 0.3) is 0 Å². The van der Waals surface area contributed by atoms with E-state index in [4.69, 9.17) is 15.2 Å². The lowest BCUT2D eigenvalue weighted by Crippen LogP contribution is -2.52. The van der Waals surface area contributed by atoms with E-state index in [2.05, 4.69) is 0 Å². The van der Waals surface area contributed by atoms with Crippen molar-refractivity contribution in [2.75, 3.05) is 26.8 Å². The summed E-state index contributed by atoms with van der Waals surface area (Å²) in [5.41, 5.74) is 8.01. The average Bonchev–Trinajstić information content (AvgIpc) is 2.82. The number of ether oxygens (including phenoxy) is 2. The number of carbonyl (C=O) groups excluding carboxylic acids is 2. The maximum absolute atomic E-state index is 12.9. The first-order valence-electron chi connectivity index (χ1n) is 11.3. The Morgan fingerprint density at radius 3 is 2.30 bits per heavy atom. The molecule has 6 nitrogen and oxygen atoms in total.